The van der Waals surface area contributed by atoms with E-state index in [0.29, 0.717) is 11.3 Å². The Balaban J connectivity index is 1.88. The van der Waals surface area contributed by atoms with E-state index >= 15 is 0 Å². The summed E-state index contributed by atoms with van der Waals surface area (Å²) in [5.41, 5.74) is -0.234. The standard InChI is InChI=1S/C13H13F2NO2/c14-13(15)4-2-12(3-5-13)7-10(17)9-1-6-16-8-11(9)18-12/h1,6,8H,2-5,7H2. The first-order valence-electron chi connectivity index (χ1n) is 6.04. The number of nitrogens with zero attached hydrogens (tertiary/aromatic N) is 1. The van der Waals surface area contributed by atoms with Crippen molar-refractivity contribution in [3.8, 4) is 5.75 Å². The number of alkyl halides is 2. The number of fused-ring (bicyclic) bond motifs is 1. The van der Waals surface area contributed by atoms with Crippen LogP contribution in [0.2, 0.25) is 0 Å². The Kier molecular flexibility index (Phi) is 2.40. The van der Waals surface area contributed by atoms with E-state index in [0.717, 1.165) is 0 Å². The number of aromatic nitrogens is 1. The smallest absolute Gasteiger partial charge is 0.248 e. The quantitative estimate of drug-likeness (QED) is 0.713. The second-order valence-electron chi connectivity index (χ2n) is 5.11. The van der Waals surface area contributed by atoms with E-state index in [9.17, 15) is 13.6 Å². The lowest BCUT2D eigenvalue weighted by molar-refractivity contribution is -0.0946. The van der Waals surface area contributed by atoms with Gasteiger partial charge in [-0.2, -0.15) is 0 Å². The number of hydrogen-bond donors (Lipinski definition) is 0. The molecule has 0 amide bonds. The summed E-state index contributed by atoms with van der Waals surface area (Å²) >= 11 is 0. The second-order valence-corrected chi connectivity index (χ2v) is 5.11. The van der Waals surface area contributed by atoms with Gasteiger partial charge in [0.2, 0.25) is 5.92 Å². The molecule has 2 aliphatic rings. The van der Waals surface area contributed by atoms with Crippen LogP contribution in [0.15, 0.2) is 18.5 Å². The molecule has 2 heterocycles. The summed E-state index contributed by atoms with van der Waals surface area (Å²) in [6, 6.07) is 1.61. The van der Waals surface area contributed by atoms with Gasteiger partial charge >= 0.3 is 0 Å². The molecule has 3 nitrogen and oxygen atoms in total. The molecule has 1 aliphatic heterocycles. The highest BCUT2D eigenvalue weighted by Gasteiger charge is 2.48. The number of carbonyl (C=O) groups excluding carboxylic acids is 1. The summed E-state index contributed by atoms with van der Waals surface area (Å²) in [4.78, 5) is 15.9. The molecule has 0 atom stereocenters. The van der Waals surface area contributed by atoms with E-state index in [1.54, 1.807) is 6.07 Å². The summed E-state index contributed by atoms with van der Waals surface area (Å²) in [7, 11) is 0. The average molecular weight is 253 g/mol. The minimum Gasteiger partial charge on any atom is -0.484 e. The number of ether oxygens (including phenoxy) is 1. The predicted molar refractivity (Wildman–Crippen MR) is 60.0 cm³/mol. The molecule has 1 saturated carbocycles. The summed E-state index contributed by atoms with van der Waals surface area (Å²) in [5.74, 6) is -2.23. The Morgan fingerprint density at radius 3 is 2.67 bits per heavy atom. The zero-order chi connectivity index (χ0) is 12.8. The normalized spacial score (nSPS) is 24.4. The lowest BCUT2D eigenvalue weighted by Gasteiger charge is -2.42. The Hall–Kier alpha value is -1.52. The molecule has 0 radical (unpaired) electrons. The predicted octanol–water partition coefficient (Wildman–Crippen LogP) is 2.99. The monoisotopic (exact) mass is 253 g/mol. The molecule has 1 aliphatic carbocycles. The van der Waals surface area contributed by atoms with Gasteiger partial charge in [-0.15, -0.1) is 0 Å². The maximum atomic E-state index is 13.2. The number of hydrogen-bond acceptors (Lipinski definition) is 3. The third-order valence-electron chi connectivity index (χ3n) is 3.79. The van der Waals surface area contributed by atoms with Gasteiger partial charge in [0.1, 0.15) is 11.4 Å². The highest BCUT2D eigenvalue weighted by atomic mass is 19.3. The van der Waals surface area contributed by atoms with E-state index < -0.39 is 11.5 Å². The molecule has 18 heavy (non-hydrogen) atoms. The SMILES string of the molecule is O=C1CC2(CCC(F)(F)CC2)Oc2cnccc21. The molecule has 1 aromatic rings. The minimum atomic E-state index is -2.62. The minimum absolute atomic E-state index is 0.0381. The van der Waals surface area contributed by atoms with Crippen molar-refractivity contribution in [2.45, 2.75) is 43.6 Å². The van der Waals surface area contributed by atoms with Crippen molar-refractivity contribution >= 4 is 5.78 Å². The summed E-state index contributed by atoms with van der Waals surface area (Å²) in [6.07, 6.45) is 3.24. The molecular weight excluding hydrogens is 240 g/mol. The fourth-order valence-electron chi connectivity index (χ4n) is 2.70. The number of carbonyl (C=O) groups is 1. The van der Waals surface area contributed by atoms with Crippen molar-refractivity contribution in [1.29, 1.82) is 0 Å². The average Bonchev–Trinajstić information content (AvgIpc) is 2.34. The maximum absolute atomic E-state index is 13.2. The van der Waals surface area contributed by atoms with E-state index in [1.165, 1.54) is 12.4 Å². The molecule has 0 N–H and O–H groups in total. The summed E-state index contributed by atoms with van der Waals surface area (Å²) in [5, 5.41) is 0. The maximum Gasteiger partial charge on any atom is 0.248 e. The molecule has 3 rings (SSSR count). The second kappa shape index (κ2) is 3.73. The lowest BCUT2D eigenvalue weighted by Crippen LogP contribution is -2.47. The highest BCUT2D eigenvalue weighted by Crippen LogP contribution is 2.45. The Labute approximate surface area is 103 Å². The molecule has 1 fully saturated rings. The third kappa shape index (κ3) is 1.87. The van der Waals surface area contributed by atoms with Gasteiger partial charge in [-0.05, 0) is 18.9 Å². The Morgan fingerprint density at radius 1 is 1.22 bits per heavy atom. The molecule has 0 unspecified atom stereocenters. The number of ketones is 1. The van der Waals surface area contributed by atoms with Crippen LogP contribution in [-0.4, -0.2) is 22.3 Å². The zero-order valence-electron chi connectivity index (χ0n) is 9.79. The van der Waals surface area contributed by atoms with Crippen LogP contribution in [0.5, 0.6) is 5.75 Å². The molecule has 0 bridgehead atoms. The van der Waals surface area contributed by atoms with Crippen LogP contribution < -0.4 is 4.74 Å². The Morgan fingerprint density at radius 2 is 1.94 bits per heavy atom. The molecule has 96 valence electrons. The molecular formula is C13H13F2NO2. The van der Waals surface area contributed by atoms with Gasteiger partial charge in [0.15, 0.2) is 5.78 Å². The van der Waals surface area contributed by atoms with Gasteiger partial charge in [0.05, 0.1) is 18.2 Å². The van der Waals surface area contributed by atoms with Crippen LogP contribution in [0, 0.1) is 0 Å². The van der Waals surface area contributed by atoms with Crippen LogP contribution in [0.25, 0.3) is 0 Å². The molecule has 1 spiro atoms. The summed E-state index contributed by atoms with van der Waals surface area (Å²) < 4.78 is 32.2. The van der Waals surface area contributed by atoms with Gasteiger partial charge in [-0.3, -0.25) is 9.78 Å². The van der Waals surface area contributed by atoms with Crippen LogP contribution in [0.1, 0.15) is 42.5 Å². The van der Waals surface area contributed by atoms with Gasteiger partial charge in [0, 0.05) is 19.0 Å². The Bertz CT molecular complexity index is 492. The van der Waals surface area contributed by atoms with Gasteiger partial charge in [-0.1, -0.05) is 0 Å². The molecule has 0 saturated heterocycles. The fourth-order valence-corrected chi connectivity index (χ4v) is 2.70. The third-order valence-corrected chi connectivity index (χ3v) is 3.79. The van der Waals surface area contributed by atoms with Crippen LogP contribution >= 0.6 is 0 Å². The fraction of sp³-hybridized carbons (Fsp3) is 0.538. The molecule has 1 aromatic heterocycles. The molecule has 0 aromatic carbocycles. The summed E-state index contributed by atoms with van der Waals surface area (Å²) in [6.45, 7) is 0. The number of Topliss-reactive ketones (excluding diaryl/α,β-unsaturated/α-hetero) is 1. The lowest BCUT2D eigenvalue weighted by atomic mass is 9.77. The largest absolute Gasteiger partial charge is 0.484 e. The number of rotatable bonds is 0. The van der Waals surface area contributed by atoms with Crippen molar-refractivity contribution in [2.24, 2.45) is 0 Å². The molecule has 5 heteroatoms. The van der Waals surface area contributed by atoms with Crippen molar-refractivity contribution < 1.29 is 18.3 Å². The van der Waals surface area contributed by atoms with Crippen LogP contribution in [0.3, 0.4) is 0 Å². The highest BCUT2D eigenvalue weighted by molar-refractivity contribution is 6.00. The van der Waals surface area contributed by atoms with Gasteiger partial charge < -0.3 is 4.74 Å². The first kappa shape index (κ1) is 11.6. The topological polar surface area (TPSA) is 39.2 Å². The zero-order valence-corrected chi connectivity index (χ0v) is 9.79. The van der Waals surface area contributed by atoms with Crippen molar-refractivity contribution in [1.82, 2.24) is 4.98 Å². The van der Waals surface area contributed by atoms with Crippen LogP contribution in [0.4, 0.5) is 8.78 Å². The van der Waals surface area contributed by atoms with E-state index in [2.05, 4.69) is 4.98 Å². The first-order chi connectivity index (χ1) is 8.50. The number of halogens is 2. The van der Waals surface area contributed by atoms with Crippen LogP contribution in [-0.2, 0) is 0 Å². The van der Waals surface area contributed by atoms with Crippen molar-refractivity contribution in [2.75, 3.05) is 0 Å². The van der Waals surface area contributed by atoms with E-state index in [4.69, 9.17) is 4.74 Å². The van der Waals surface area contributed by atoms with Crippen molar-refractivity contribution in [3.05, 3.63) is 24.0 Å². The van der Waals surface area contributed by atoms with Gasteiger partial charge in [0.25, 0.3) is 0 Å². The number of pyridine rings is 1. The van der Waals surface area contributed by atoms with E-state index in [1.807, 2.05) is 0 Å². The van der Waals surface area contributed by atoms with E-state index in [-0.39, 0.29) is 37.9 Å². The first-order valence-corrected chi connectivity index (χ1v) is 6.04. The van der Waals surface area contributed by atoms with Crippen molar-refractivity contribution in [3.63, 3.8) is 0 Å². The van der Waals surface area contributed by atoms with Gasteiger partial charge in [-0.25, -0.2) is 8.78 Å².